The average Bonchev–Trinajstić information content (AvgIpc) is 2.37. The number of aliphatic hydroxyl groups excluding tert-OH is 2. The van der Waals surface area contributed by atoms with Crippen LogP contribution in [0, 0.1) is 0 Å². The summed E-state index contributed by atoms with van der Waals surface area (Å²) in [6, 6.07) is 1.14. The van der Waals surface area contributed by atoms with Crippen molar-refractivity contribution in [3.63, 3.8) is 0 Å². The Morgan fingerprint density at radius 3 is 2.55 bits per heavy atom. The van der Waals surface area contributed by atoms with Crippen LogP contribution in [0.4, 0.5) is 5.82 Å². The van der Waals surface area contributed by atoms with Gasteiger partial charge in [0.2, 0.25) is 0 Å². The SMILES string of the molecule is Nc1ccn(C(=O)[C@H](O)[C@H](CO)OCP(=O)(O)O)c(=O)n1.[Na]. The summed E-state index contributed by atoms with van der Waals surface area (Å²) < 4.78 is 15.7. The summed E-state index contributed by atoms with van der Waals surface area (Å²) in [6.07, 6.45) is -3.77. The van der Waals surface area contributed by atoms with Crippen LogP contribution in [-0.4, -0.2) is 90.2 Å². The Bertz CT molecular complexity index is 617. The van der Waals surface area contributed by atoms with Crippen LogP contribution >= 0.6 is 7.60 Å². The molecule has 119 valence electrons. The second-order valence-corrected chi connectivity index (χ2v) is 5.56. The van der Waals surface area contributed by atoms with Gasteiger partial charge in [0.15, 0.2) is 6.10 Å². The van der Waals surface area contributed by atoms with Crippen molar-refractivity contribution in [2.45, 2.75) is 12.2 Å². The molecule has 0 aromatic carbocycles. The smallest absolute Gasteiger partial charge is 0.356 e. The van der Waals surface area contributed by atoms with Crippen molar-refractivity contribution in [2.75, 3.05) is 18.7 Å². The van der Waals surface area contributed by atoms with E-state index in [1.165, 1.54) is 0 Å². The molecule has 0 unspecified atom stereocenters. The predicted molar refractivity (Wildman–Crippen MR) is 74.2 cm³/mol. The van der Waals surface area contributed by atoms with Gasteiger partial charge in [-0.05, 0) is 6.07 Å². The summed E-state index contributed by atoms with van der Waals surface area (Å²) in [6.45, 7) is -0.899. The van der Waals surface area contributed by atoms with E-state index in [4.69, 9.17) is 20.6 Å². The fraction of sp³-hybridized carbons (Fsp3) is 0.444. The maximum atomic E-state index is 11.8. The number of ether oxygens (including phenoxy) is 1. The Kier molecular flexibility index (Phi) is 8.62. The van der Waals surface area contributed by atoms with E-state index in [1.54, 1.807) is 0 Å². The maximum Gasteiger partial charge on any atom is 0.356 e. The Morgan fingerprint density at radius 1 is 1.50 bits per heavy atom. The van der Waals surface area contributed by atoms with Crippen LogP contribution < -0.4 is 11.4 Å². The first kappa shape index (κ1) is 21.4. The van der Waals surface area contributed by atoms with Crippen LogP contribution in [0.1, 0.15) is 4.79 Å². The third-order valence-corrected chi connectivity index (χ3v) is 2.79. The van der Waals surface area contributed by atoms with Gasteiger partial charge in [-0.15, -0.1) is 0 Å². The number of aromatic nitrogens is 2. The normalized spacial score (nSPS) is 14.0. The van der Waals surface area contributed by atoms with E-state index in [-0.39, 0.29) is 35.4 Å². The minimum Gasteiger partial charge on any atom is -0.394 e. The number of aliphatic hydroxyl groups is 2. The summed E-state index contributed by atoms with van der Waals surface area (Å²) in [5, 5.41) is 18.7. The van der Waals surface area contributed by atoms with Crippen LogP contribution in [0.3, 0.4) is 0 Å². The largest absolute Gasteiger partial charge is 0.394 e. The number of carbonyl (C=O) groups excluding carboxylic acids is 1. The molecule has 0 bridgehead atoms. The Hall–Kier alpha value is -0.620. The van der Waals surface area contributed by atoms with E-state index >= 15 is 0 Å². The number of rotatable bonds is 6. The minimum absolute atomic E-state index is 0. The first-order valence-electron chi connectivity index (χ1n) is 5.50. The van der Waals surface area contributed by atoms with Gasteiger partial charge in [0, 0.05) is 35.8 Å². The van der Waals surface area contributed by atoms with Crippen LogP contribution in [0.25, 0.3) is 0 Å². The van der Waals surface area contributed by atoms with Gasteiger partial charge in [-0.1, -0.05) is 0 Å². The van der Waals surface area contributed by atoms with Crippen LogP contribution in [0.15, 0.2) is 17.1 Å². The standard InChI is InChI=1S/C9H14N3O8P.Na/c10-6-1-2-12(9(16)11-6)8(15)7(14)5(3-13)20-4-21(17,18)19;/h1-2,5,7,13-14H,3-4H2,(H2,10,11,16)(H2,17,18,19);/t5-,7+;/m0./s1. The molecule has 0 fully saturated rings. The summed E-state index contributed by atoms with van der Waals surface area (Å²) in [7, 11) is -4.54. The van der Waals surface area contributed by atoms with Gasteiger partial charge in [0.1, 0.15) is 18.3 Å². The monoisotopic (exact) mass is 346 g/mol. The molecule has 11 nitrogen and oxygen atoms in total. The summed E-state index contributed by atoms with van der Waals surface area (Å²) in [5.41, 5.74) is 4.19. The van der Waals surface area contributed by atoms with Gasteiger partial charge >= 0.3 is 13.3 Å². The molecular formula is C9H14N3NaO8P. The molecule has 22 heavy (non-hydrogen) atoms. The Balaban J connectivity index is 0.00000441. The number of nitrogens with two attached hydrogens (primary N) is 1. The quantitative estimate of drug-likeness (QED) is 0.262. The summed E-state index contributed by atoms with van der Waals surface area (Å²) >= 11 is 0. The molecule has 2 atom stereocenters. The Labute approximate surface area is 146 Å². The van der Waals surface area contributed by atoms with Gasteiger partial charge in [-0.3, -0.25) is 9.36 Å². The van der Waals surface area contributed by atoms with E-state index in [9.17, 15) is 19.3 Å². The zero-order chi connectivity index (χ0) is 16.2. The number of carbonyl (C=O) groups is 1. The third kappa shape index (κ3) is 6.24. The molecule has 6 N–H and O–H groups in total. The van der Waals surface area contributed by atoms with Crippen LogP contribution in [0.2, 0.25) is 0 Å². The second-order valence-electron chi connectivity index (χ2n) is 3.97. The second kappa shape index (κ2) is 8.87. The van der Waals surface area contributed by atoms with Crippen molar-refractivity contribution in [3.8, 4) is 0 Å². The molecule has 0 aliphatic heterocycles. The van der Waals surface area contributed by atoms with Crippen LogP contribution in [-0.2, 0) is 9.30 Å². The van der Waals surface area contributed by atoms with Crippen molar-refractivity contribution in [2.24, 2.45) is 0 Å². The molecule has 1 radical (unpaired) electrons. The van der Waals surface area contributed by atoms with E-state index in [0.717, 1.165) is 12.3 Å². The van der Waals surface area contributed by atoms with Crippen LogP contribution in [0.5, 0.6) is 0 Å². The molecule has 1 rings (SSSR count). The van der Waals surface area contributed by atoms with Crippen molar-refractivity contribution in [1.29, 1.82) is 0 Å². The molecular weight excluding hydrogens is 332 g/mol. The molecule has 13 heteroatoms. The first-order chi connectivity index (χ1) is 9.65. The van der Waals surface area contributed by atoms with Gasteiger partial charge in [-0.2, -0.15) is 4.98 Å². The van der Waals surface area contributed by atoms with Crippen molar-refractivity contribution < 1.29 is 34.1 Å². The minimum atomic E-state index is -4.54. The molecule has 1 aromatic rings. The zero-order valence-electron chi connectivity index (χ0n) is 11.6. The summed E-state index contributed by atoms with van der Waals surface area (Å²) in [4.78, 5) is 43.8. The zero-order valence-corrected chi connectivity index (χ0v) is 14.5. The number of anilines is 1. The molecule has 0 saturated carbocycles. The van der Waals surface area contributed by atoms with E-state index in [2.05, 4.69) is 9.72 Å². The fourth-order valence-electron chi connectivity index (χ4n) is 1.32. The van der Waals surface area contributed by atoms with Crippen molar-refractivity contribution >= 4 is 48.9 Å². The molecule has 0 aliphatic rings. The van der Waals surface area contributed by atoms with Gasteiger partial charge in [-0.25, -0.2) is 9.36 Å². The number of nitrogens with zero attached hydrogens (tertiary/aromatic N) is 2. The molecule has 0 aliphatic carbocycles. The van der Waals surface area contributed by atoms with Gasteiger partial charge in [0.25, 0.3) is 5.91 Å². The fourth-order valence-corrected chi connectivity index (χ4v) is 1.71. The van der Waals surface area contributed by atoms with E-state index in [1.807, 2.05) is 0 Å². The Morgan fingerprint density at radius 2 is 2.09 bits per heavy atom. The molecule has 0 amide bonds. The molecule has 1 heterocycles. The topological polar surface area (TPSA) is 185 Å². The molecule has 0 saturated heterocycles. The number of hydrogen-bond acceptors (Lipinski definition) is 8. The van der Waals surface area contributed by atoms with Crippen molar-refractivity contribution in [1.82, 2.24) is 9.55 Å². The molecule has 1 aromatic heterocycles. The maximum absolute atomic E-state index is 11.8. The van der Waals surface area contributed by atoms with E-state index < -0.39 is 44.4 Å². The number of hydrogen-bond donors (Lipinski definition) is 5. The predicted octanol–water partition coefficient (Wildman–Crippen LogP) is -3.04. The van der Waals surface area contributed by atoms with Gasteiger partial charge < -0.3 is 30.5 Å². The average molecular weight is 346 g/mol. The molecule has 0 spiro atoms. The summed E-state index contributed by atoms with van der Waals surface area (Å²) in [5.74, 6) is -1.31. The number of nitrogen functional groups attached to an aromatic ring is 1. The van der Waals surface area contributed by atoms with Gasteiger partial charge in [0.05, 0.1) is 6.61 Å². The third-order valence-electron chi connectivity index (χ3n) is 2.30. The van der Waals surface area contributed by atoms with Crippen molar-refractivity contribution in [3.05, 3.63) is 22.7 Å². The van der Waals surface area contributed by atoms with E-state index in [0.29, 0.717) is 4.57 Å². The first-order valence-corrected chi connectivity index (χ1v) is 7.30.